The minimum absolute atomic E-state index is 0.319. The van der Waals surface area contributed by atoms with E-state index >= 15 is 0 Å². The normalized spacial score (nSPS) is 12.8. The number of carbonyl (C=O) groups is 1. The van der Waals surface area contributed by atoms with Crippen molar-refractivity contribution in [3.8, 4) is 0 Å². The summed E-state index contributed by atoms with van der Waals surface area (Å²) in [4.78, 5) is 15.4. The van der Waals surface area contributed by atoms with Crippen molar-refractivity contribution in [2.45, 2.75) is 25.9 Å². The lowest BCUT2D eigenvalue weighted by Crippen LogP contribution is -2.43. The summed E-state index contributed by atoms with van der Waals surface area (Å²) >= 11 is 0. The third-order valence-corrected chi connectivity index (χ3v) is 4.70. The molecule has 0 aromatic heterocycles. The van der Waals surface area contributed by atoms with Gasteiger partial charge in [-0.15, -0.1) is 0 Å². The van der Waals surface area contributed by atoms with E-state index in [0.717, 1.165) is 17.5 Å². The summed E-state index contributed by atoms with van der Waals surface area (Å²) in [6, 6.07) is 19.3. The monoisotopic (exact) mass is 369 g/mol. The Bertz CT molecular complexity index is 646. The number of carbonyl (C=O) groups excluding carboxylic acids is 1. The molecule has 146 valence electrons. The molecule has 0 saturated heterocycles. The van der Waals surface area contributed by atoms with Crippen LogP contribution in [0.5, 0.6) is 0 Å². The molecule has 0 saturated carbocycles. The minimum atomic E-state index is -1.27. The number of rotatable bonds is 10. The number of nitrogens with zero attached hydrogens (tertiary/aromatic N) is 1. The quantitative estimate of drug-likeness (QED) is 0.591. The zero-order valence-corrected chi connectivity index (χ0v) is 16.9. The molecule has 0 aliphatic heterocycles. The molecule has 27 heavy (non-hydrogen) atoms. The van der Waals surface area contributed by atoms with E-state index in [0.29, 0.717) is 25.7 Å². The van der Waals surface area contributed by atoms with Gasteiger partial charge in [0.2, 0.25) is 5.60 Å². The van der Waals surface area contributed by atoms with Crippen LogP contribution >= 0.6 is 0 Å². The molecule has 0 heterocycles. The Labute approximate surface area is 163 Å². The summed E-state index contributed by atoms with van der Waals surface area (Å²) < 4.78 is 12.1. The summed E-state index contributed by atoms with van der Waals surface area (Å²) in [5.74, 6) is -0.0311. The fourth-order valence-electron chi connectivity index (χ4n) is 2.78. The Balaban J connectivity index is 2.46. The van der Waals surface area contributed by atoms with Gasteiger partial charge < -0.3 is 14.4 Å². The predicted octanol–water partition coefficient (Wildman–Crippen LogP) is 4.10. The van der Waals surface area contributed by atoms with E-state index in [2.05, 4.69) is 13.8 Å². The van der Waals surface area contributed by atoms with Gasteiger partial charge in [0.1, 0.15) is 6.61 Å². The highest BCUT2D eigenvalue weighted by Gasteiger charge is 2.45. The van der Waals surface area contributed by atoms with Crippen LogP contribution < -0.4 is 0 Å². The molecule has 0 aliphatic rings. The molecule has 4 heteroatoms. The molecule has 1 unspecified atom stereocenters. The second kappa shape index (κ2) is 10.2. The van der Waals surface area contributed by atoms with Gasteiger partial charge in [0, 0.05) is 6.54 Å². The Morgan fingerprint density at radius 1 is 1.00 bits per heavy atom. The topological polar surface area (TPSA) is 38.8 Å². The standard InChI is InChI=1S/C23H31NO3/c1-5-19(2)18-27-23(20-12-8-6-9-13-20,21-14-10-7-11-15-21)22(25)26-17-16-24(3)4/h6-15,19H,5,16-18H2,1-4H3. The Morgan fingerprint density at radius 2 is 1.52 bits per heavy atom. The van der Waals surface area contributed by atoms with Crippen molar-refractivity contribution in [3.63, 3.8) is 0 Å². The molecule has 2 aromatic rings. The van der Waals surface area contributed by atoms with Crippen molar-refractivity contribution >= 4 is 5.97 Å². The summed E-state index contributed by atoms with van der Waals surface area (Å²) in [5.41, 5.74) is 0.307. The molecular formula is C23H31NO3. The number of esters is 1. The van der Waals surface area contributed by atoms with Gasteiger partial charge in [0.15, 0.2) is 0 Å². The minimum Gasteiger partial charge on any atom is -0.462 e. The average Bonchev–Trinajstić information content (AvgIpc) is 2.69. The molecule has 0 spiro atoms. The maximum Gasteiger partial charge on any atom is 0.347 e. The molecule has 1 atom stereocenters. The van der Waals surface area contributed by atoms with Crippen LogP contribution in [-0.2, 0) is 19.9 Å². The second-order valence-electron chi connectivity index (χ2n) is 7.18. The van der Waals surface area contributed by atoms with Crippen molar-refractivity contribution < 1.29 is 14.3 Å². The SMILES string of the molecule is CCC(C)COC(C(=O)OCCN(C)C)(c1ccccc1)c1ccccc1. The number of ether oxygens (including phenoxy) is 2. The summed E-state index contributed by atoms with van der Waals surface area (Å²) in [6.07, 6.45) is 0.981. The fraction of sp³-hybridized carbons (Fsp3) is 0.435. The van der Waals surface area contributed by atoms with E-state index in [1.165, 1.54) is 0 Å². The highest BCUT2D eigenvalue weighted by atomic mass is 16.6. The summed E-state index contributed by atoms with van der Waals surface area (Å²) in [7, 11) is 3.91. The van der Waals surface area contributed by atoms with Crippen LogP contribution in [0.25, 0.3) is 0 Å². The van der Waals surface area contributed by atoms with Gasteiger partial charge in [0.25, 0.3) is 0 Å². The fourth-order valence-corrected chi connectivity index (χ4v) is 2.78. The number of benzene rings is 2. The molecule has 0 aliphatic carbocycles. The van der Waals surface area contributed by atoms with Crippen LogP contribution in [0.15, 0.2) is 60.7 Å². The largest absolute Gasteiger partial charge is 0.462 e. The summed E-state index contributed by atoms with van der Waals surface area (Å²) in [6.45, 7) is 5.70. The van der Waals surface area contributed by atoms with E-state index < -0.39 is 5.60 Å². The highest BCUT2D eigenvalue weighted by molar-refractivity contribution is 5.85. The molecule has 4 nitrogen and oxygen atoms in total. The van der Waals surface area contributed by atoms with Gasteiger partial charge >= 0.3 is 5.97 Å². The van der Waals surface area contributed by atoms with Gasteiger partial charge in [-0.25, -0.2) is 4.79 Å². The Kier molecular flexibility index (Phi) is 8.01. The molecule has 2 aromatic carbocycles. The van der Waals surface area contributed by atoms with Crippen LogP contribution in [0.1, 0.15) is 31.4 Å². The zero-order chi connectivity index (χ0) is 19.7. The van der Waals surface area contributed by atoms with Gasteiger partial charge in [-0.05, 0) is 31.1 Å². The Hall–Kier alpha value is -2.17. The number of likely N-dealkylation sites (N-methyl/N-ethyl adjacent to an activating group) is 1. The molecule has 2 rings (SSSR count). The van der Waals surface area contributed by atoms with Crippen molar-refractivity contribution in [1.82, 2.24) is 4.90 Å². The Morgan fingerprint density at radius 3 is 1.96 bits per heavy atom. The first-order chi connectivity index (χ1) is 13.0. The number of hydrogen-bond acceptors (Lipinski definition) is 4. The first-order valence-corrected chi connectivity index (χ1v) is 9.57. The first-order valence-electron chi connectivity index (χ1n) is 9.57. The molecule has 0 N–H and O–H groups in total. The van der Waals surface area contributed by atoms with Crippen molar-refractivity contribution in [3.05, 3.63) is 71.8 Å². The second-order valence-corrected chi connectivity index (χ2v) is 7.18. The lowest BCUT2D eigenvalue weighted by atomic mass is 9.85. The zero-order valence-electron chi connectivity index (χ0n) is 16.9. The third kappa shape index (κ3) is 5.41. The molecule has 0 fully saturated rings. The van der Waals surface area contributed by atoms with Crippen molar-refractivity contribution in [1.29, 1.82) is 0 Å². The van der Waals surface area contributed by atoms with E-state index in [9.17, 15) is 4.79 Å². The predicted molar refractivity (Wildman–Crippen MR) is 109 cm³/mol. The molecule has 0 amide bonds. The van der Waals surface area contributed by atoms with Gasteiger partial charge in [-0.2, -0.15) is 0 Å². The van der Waals surface area contributed by atoms with E-state index in [4.69, 9.17) is 9.47 Å². The molecule has 0 bridgehead atoms. The molecular weight excluding hydrogens is 338 g/mol. The van der Waals surface area contributed by atoms with Gasteiger partial charge in [-0.1, -0.05) is 80.9 Å². The van der Waals surface area contributed by atoms with E-state index in [-0.39, 0.29) is 5.97 Å². The van der Waals surface area contributed by atoms with Crippen molar-refractivity contribution in [2.75, 3.05) is 33.9 Å². The van der Waals surface area contributed by atoms with Crippen LogP contribution in [-0.4, -0.2) is 44.7 Å². The lowest BCUT2D eigenvalue weighted by molar-refractivity contribution is -0.170. The lowest BCUT2D eigenvalue weighted by Gasteiger charge is -2.33. The average molecular weight is 370 g/mol. The van der Waals surface area contributed by atoms with Gasteiger partial charge in [-0.3, -0.25) is 0 Å². The number of hydrogen-bond donors (Lipinski definition) is 0. The van der Waals surface area contributed by atoms with Crippen LogP contribution in [0.3, 0.4) is 0 Å². The summed E-state index contributed by atoms with van der Waals surface area (Å²) in [5, 5.41) is 0. The van der Waals surface area contributed by atoms with Gasteiger partial charge in [0.05, 0.1) is 6.61 Å². The third-order valence-electron chi connectivity index (χ3n) is 4.70. The van der Waals surface area contributed by atoms with Crippen molar-refractivity contribution in [2.24, 2.45) is 5.92 Å². The molecule has 0 radical (unpaired) electrons. The van der Waals surface area contributed by atoms with Crippen LogP contribution in [0.2, 0.25) is 0 Å². The maximum absolute atomic E-state index is 13.4. The van der Waals surface area contributed by atoms with E-state index in [1.807, 2.05) is 79.7 Å². The maximum atomic E-state index is 13.4. The van der Waals surface area contributed by atoms with Crippen LogP contribution in [0.4, 0.5) is 0 Å². The van der Waals surface area contributed by atoms with E-state index in [1.54, 1.807) is 0 Å². The smallest absolute Gasteiger partial charge is 0.347 e. The first kappa shape index (κ1) is 21.1. The van der Waals surface area contributed by atoms with Crippen LogP contribution in [0, 0.1) is 5.92 Å². The highest BCUT2D eigenvalue weighted by Crippen LogP contribution is 2.36.